The molecule has 0 atom stereocenters. The summed E-state index contributed by atoms with van der Waals surface area (Å²) in [7, 11) is -3.57. The largest absolute Gasteiger partial charge is 0.356 e. The first-order chi connectivity index (χ1) is 15.9. The second kappa shape index (κ2) is 9.22. The topological polar surface area (TPSA) is 69.6 Å². The van der Waals surface area contributed by atoms with E-state index in [4.69, 9.17) is 9.97 Å². The zero-order chi connectivity index (χ0) is 23.0. The molecule has 5 rings (SSSR count). The Morgan fingerprint density at radius 3 is 2.42 bits per heavy atom. The predicted octanol–water partition coefficient (Wildman–Crippen LogP) is 3.76. The van der Waals surface area contributed by atoms with Crippen LogP contribution in [-0.2, 0) is 23.0 Å². The molecule has 2 fully saturated rings. The standard InChI is InChI=1S/C25H35N5O2S/c1-19-9-14-28(15-10-19)24-22-18-30(33(31,32)21-8-6-7-20(2)17-21)16-11-23(22)26-25(27-24)29-12-4-3-5-13-29/h6-8,17,19H,3-5,9-16,18H2,1-2H3. The van der Waals surface area contributed by atoms with Crippen LogP contribution in [0.25, 0.3) is 0 Å². The maximum Gasteiger partial charge on any atom is 0.243 e. The van der Waals surface area contributed by atoms with Gasteiger partial charge in [-0.15, -0.1) is 0 Å². The first-order valence-electron chi connectivity index (χ1n) is 12.4. The smallest absolute Gasteiger partial charge is 0.243 e. The molecule has 3 aliphatic rings. The van der Waals surface area contributed by atoms with Crippen LogP contribution in [0.1, 0.15) is 55.8 Å². The van der Waals surface area contributed by atoms with Gasteiger partial charge in [0.2, 0.25) is 16.0 Å². The average molecular weight is 470 g/mol. The summed E-state index contributed by atoms with van der Waals surface area (Å²) in [6.07, 6.45) is 6.54. The molecule has 0 bridgehead atoms. The van der Waals surface area contributed by atoms with Gasteiger partial charge in [0, 0.05) is 51.3 Å². The minimum absolute atomic E-state index is 0.341. The number of piperidine rings is 2. The van der Waals surface area contributed by atoms with Crippen molar-refractivity contribution in [2.24, 2.45) is 5.92 Å². The summed E-state index contributed by atoms with van der Waals surface area (Å²) in [4.78, 5) is 15.1. The molecule has 0 saturated carbocycles. The van der Waals surface area contributed by atoms with Gasteiger partial charge in [0.1, 0.15) is 5.82 Å². The zero-order valence-electron chi connectivity index (χ0n) is 19.8. The molecule has 0 radical (unpaired) electrons. The van der Waals surface area contributed by atoms with Gasteiger partial charge in [0.05, 0.1) is 10.6 Å². The van der Waals surface area contributed by atoms with E-state index in [-0.39, 0.29) is 0 Å². The number of hydrogen-bond acceptors (Lipinski definition) is 6. The van der Waals surface area contributed by atoms with E-state index >= 15 is 0 Å². The number of sulfonamides is 1. The number of benzene rings is 1. The predicted molar refractivity (Wildman–Crippen MR) is 131 cm³/mol. The normalized spacial score (nSPS) is 20.7. The van der Waals surface area contributed by atoms with Crippen LogP contribution >= 0.6 is 0 Å². The van der Waals surface area contributed by atoms with Gasteiger partial charge in [0.25, 0.3) is 0 Å². The van der Waals surface area contributed by atoms with Crippen LogP contribution in [0.4, 0.5) is 11.8 Å². The second-order valence-corrected chi connectivity index (χ2v) is 11.8. The molecule has 8 heteroatoms. The molecule has 178 valence electrons. The lowest BCUT2D eigenvalue weighted by molar-refractivity contribution is 0.384. The zero-order valence-corrected chi connectivity index (χ0v) is 20.6. The van der Waals surface area contributed by atoms with Gasteiger partial charge >= 0.3 is 0 Å². The molecular formula is C25H35N5O2S. The molecule has 7 nitrogen and oxygen atoms in total. The van der Waals surface area contributed by atoms with Crippen LogP contribution in [0.5, 0.6) is 0 Å². The fraction of sp³-hybridized carbons (Fsp3) is 0.600. The molecule has 2 aromatic rings. The van der Waals surface area contributed by atoms with E-state index < -0.39 is 10.0 Å². The van der Waals surface area contributed by atoms with Crippen molar-refractivity contribution in [2.45, 2.75) is 63.8 Å². The van der Waals surface area contributed by atoms with Gasteiger partial charge in [-0.2, -0.15) is 9.29 Å². The summed E-state index contributed by atoms with van der Waals surface area (Å²) in [5.41, 5.74) is 2.97. The highest BCUT2D eigenvalue weighted by atomic mass is 32.2. The van der Waals surface area contributed by atoms with Gasteiger partial charge in [-0.3, -0.25) is 0 Å². The van der Waals surface area contributed by atoms with Crippen molar-refractivity contribution >= 4 is 21.8 Å². The Balaban J connectivity index is 1.50. The van der Waals surface area contributed by atoms with Gasteiger partial charge in [-0.25, -0.2) is 13.4 Å². The molecule has 3 aliphatic heterocycles. The summed E-state index contributed by atoms with van der Waals surface area (Å²) in [5, 5.41) is 0. The average Bonchev–Trinajstić information content (AvgIpc) is 2.84. The Labute approximate surface area is 197 Å². The SMILES string of the molecule is Cc1cccc(S(=O)(=O)N2CCc3nc(N4CCCCC4)nc(N4CCC(C)CC4)c3C2)c1. The molecule has 33 heavy (non-hydrogen) atoms. The Bertz CT molecular complexity index is 1110. The highest BCUT2D eigenvalue weighted by molar-refractivity contribution is 7.89. The van der Waals surface area contributed by atoms with Crippen LogP contribution in [0.2, 0.25) is 0 Å². The highest BCUT2D eigenvalue weighted by Crippen LogP contribution is 2.34. The number of rotatable bonds is 4. The fourth-order valence-electron chi connectivity index (χ4n) is 5.21. The third-order valence-electron chi connectivity index (χ3n) is 7.34. The van der Waals surface area contributed by atoms with Crippen LogP contribution in [0, 0.1) is 12.8 Å². The summed E-state index contributed by atoms with van der Waals surface area (Å²) in [5.74, 6) is 2.51. The monoisotopic (exact) mass is 469 g/mol. The molecule has 0 spiro atoms. The Morgan fingerprint density at radius 2 is 1.70 bits per heavy atom. The lowest BCUT2D eigenvalue weighted by Gasteiger charge is -2.37. The minimum atomic E-state index is -3.57. The van der Waals surface area contributed by atoms with E-state index in [1.165, 1.54) is 19.3 Å². The van der Waals surface area contributed by atoms with Crippen molar-refractivity contribution in [3.8, 4) is 0 Å². The lowest BCUT2D eigenvalue weighted by atomic mass is 9.98. The first kappa shape index (κ1) is 22.6. The maximum atomic E-state index is 13.5. The molecule has 4 heterocycles. The molecule has 0 amide bonds. The van der Waals surface area contributed by atoms with Crippen LogP contribution < -0.4 is 9.80 Å². The molecule has 0 aliphatic carbocycles. The first-order valence-corrected chi connectivity index (χ1v) is 13.8. The number of aromatic nitrogens is 2. The van der Waals surface area contributed by atoms with Crippen molar-refractivity contribution in [1.82, 2.24) is 14.3 Å². The lowest BCUT2D eigenvalue weighted by Crippen LogP contribution is -2.41. The van der Waals surface area contributed by atoms with Gasteiger partial charge < -0.3 is 9.80 Å². The van der Waals surface area contributed by atoms with Crippen LogP contribution in [-0.4, -0.2) is 55.4 Å². The van der Waals surface area contributed by atoms with Crippen molar-refractivity contribution in [3.63, 3.8) is 0 Å². The number of anilines is 2. The Hall–Kier alpha value is -2.19. The number of fused-ring (bicyclic) bond motifs is 1. The molecule has 1 aromatic heterocycles. The number of nitrogens with zero attached hydrogens (tertiary/aromatic N) is 5. The van der Waals surface area contributed by atoms with Crippen molar-refractivity contribution in [1.29, 1.82) is 0 Å². The highest BCUT2D eigenvalue weighted by Gasteiger charge is 2.33. The van der Waals surface area contributed by atoms with Crippen LogP contribution in [0.3, 0.4) is 0 Å². The van der Waals surface area contributed by atoms with Crippen molar-refractivity contribution in [2.75, 3.05) is 42.5 Å². The van der Waals surface area contributed by atoms with Crippen molar-refractivity contribution in [3.05, 3.63) is 41.1 Å². The van der Waals surface area contributed by atoms with Gasteiger partial charge in [-0.05, 0) is 62.6 Å². The maximum absolute atomic E-state index is 13.5. The van der Waals surface area contributed by atoms with Crippen LogP contribution in [0.15, 0.2) is 29.2 Å². The van der Waals surface area contributed by atoms with E-state index in [2.05, 4.69) is 16.7 Å². The number of hydrogen-bond donors (Lipinski definition) is 0. The van der Waals surface area contributed by atoms with Gasteiger partial charge in [-0.1, -0.05) is 19.1 Å². The Kier molecular flexibility index (Phi) is 6.31. The third-order valence-corrected chi connectivity index (χ3v) is 9.18. The summed E-state index contributed by atoms with van der Waals surface area (Å²) in [6, 6.07) is 7.19. The Morgan fingerprint density at radius 1 is 0.939 bits per heavy atom. The number of aryl methyl sites for hydroxylation is 1. The van der Waals surface area contributed by atoms with E-state index in [0.717, 1.165) is 73.5 Å². The molecule has 1 aromatic carbocycles. The summed E-state index contributed by atoms with van der Waals surface area (Å²) < 4.78 is 28.5. The van der Waals surface area contributed by atoms with E-state index in [9.17, 15) is 8.42 Å². The van der Waals surface area contributed by atoms with Crippen molar-refractivity contribution < 1.29 is 8.42 Å². The van der Waals surface area contributed by atoms with E-state index in [1.807, 2.05) is 19.1 Å². The third kappa shape index (κ3) is 4.60. The molecule has 0 N–H and O–H groups in total. The summed E-state index contributed by atoms with van der Waals surface area (Å²) >= 11 is 0. The van der Waals surface area contributed by atoms with Gasteiger partial charge in [0.15, 0.2) is 0 Å². The molecule has 2 saturated heterocycles. The summed E-state index contributed by atoms with van der Waals surface area (Å²) in [6.45, 7) is 8.97. The minimum Gasteiger partial charge on any atom is -0.356 e. The molecular weight excluding hydrogens is 434 g/mol. The molecule has 0 unspecified atom stereocenters. The quantitative estimate of drug-likeness (QED) is 0.679. The van der Waals surface area contributed by atoms with E-state index in [1.54, 1.807) is 16.4 Å². The fourth-order valence-corrected chi connectivity index (χ4v) is 6.72. The van der Waals surface area contributed by atoms with E-state index in [0.29, 0.717) is 24.4 Å². The second-order valence-electron chi connectivity index (χ2n) is 9.89.